The van der Waals surface area contributed by atoms with Crippen LogP contribution in [-0.2, 0) is 4.74 Å². The van der Waals surface area contributed by atoms with Crippen molar-refractivity contribution in [3.8, 4) is 0 Å². The summed E-state index contributed by atoms with van der Waals surface area (Å²) in [6.45, 7) is 25.5. The van der Waals surface area contributed by atoms with Crippen LogP contribution in [0.5, 0.6) is 0 Å². The minimum absolute atomic E-state index is 0.0163. The molecule has 6 unspecified atom stereocenters. The molecule has 51 heavy (non-hydrogen) atoms. The number of tetrazole rings is 1. The Bertz CT molecular complexity index is 1560. The maximum absolute atomic E-state index is 6.68. The molecular weight excluding hydrogens is 649 g/mol. The number of rotatable bonds is 8. The number of ether oxygens (including phenoxy) is 1. The molecule has 9 aliphatic rings. The van der Waals surface area contributed by atoms with E-state index in [0.717, 1.165) is 17.8 Å². The monoisotopic (exact) mass is 719 g/mol. The largest absolute Gasteiger partial charge is 0.495 e. The molecule has 0 amide bonds. The predicted octanol–water partition coefficient (Wildman–Crippen LogP) is 10.1. The minimum Gasteiger partial charge on any atom is -0.495 e. The average molecular weight is 719 g/mol. The number of hydrogen-bond donors (Lipinski definition) is 2. The second kappa shape index (κ2) is 12.6. The minimum atomic E-state index is 0.0163. The van der Waals surface area contributed by atoms with Gasteiger partial charge in [-0.15, -0.1) is 16.9 Å². The van der Waals surface area contributed by atoms with Crippen molar-refractivity contribution < 1.29 is 4.74 Å². The Morgan fingerprint density at radius 1 is 1.10 bits per heavy atom. The standard InChI is InChI=1S/C42H67NOS.CH3N5/c1-26(2)29(7)41-20-19-38(9)33-13-14-35-37(8)24-30-23-31(32(37)15-17-39(10,27(3)4)43(11)12)36(30)45-42(35,28(5)6)34(33)16-18-40(38,25-41)21-22-44-41;2-1-3-5-6-4-1/h16,21-22,26-30,32-33,35H,13-15,17-20,23-25H2,1-12H3;(H3,2,3,4,5,6)/t29-,30?,32?,33?,35?,37-,38?,39+,40-,41-,42?;/m1./s1. The third-order valence-corrected chi connectivity index (χ3v) is 19.6. The number of allylic oxidation sites excluding steroid dienone is 4. The fourth-order valence-electron chi connectivity index (χ4n) is 13.4. The highest BCUT2D eigenvalue weighted by Gasteiger charge is 2.71. The molecule has 0 aromatic carbocycles. The molecule has 1 spiro atoms. The maximum atomic E-state index is 6.68. The van der Waals surface area contributed by atoms with E-state index in [4.69, 9.17) is 10.5 Å². The van der Waals surface area contributed by atoms with Crippen molar-refractivity contribution in [3.05, 3.63) is 34.5 Å². The third-order valence-electron chi connectivity index (χ3n) is 17.4. The van der Waals surface area contributed by atoms with Crippen molar-refractivity contribution in [3.63, 3.8) is 0 Å². The van der Waals surface area contributed by atoms with Crippen LogP contribution in [0.25, 0.3) is 0 Å². The quantitative estimate of drug-likeness (QED) is 0.259. The topological polar surface area (TPSA) is 93.0 Å². The predicted molar refractivity (Wildman–Crippen MR) is 212 cm³/mol. The van der Waals surface area contributed by atoms with Crippen molar-refractivity contribution in [2.75, 3.05) is 19.8 Å². The zero-order valence-corrected chi connectivity index (χ0v) is 34.9. The Balaban J connectivity index is 0.000000615. The van der Waals surface area contributed by atoms with Gasteiger partial charge in [-0.05, 0) is 160 Å². The number of nitrogens with one attached hydrogen (secondary N) is 1. The van der Waals surface area contributed by atoms with Crippen molar-refractivity contribution >= 4 is 17.7 Å². The van der Waals surface area contributed by atoms with Gasteiger partial charge in [0.2, 0.25) is 0 Å². The van der Waals surface area contributed by atoms with Gasteiger partial charge >= 0.3 is 0 Å². The lowest BCUT2D eigenvalue weighted by atomic mass is 9.39. The molecule has 3 N–H and O–H groups in total. The molecule has 6 aliphatic carbocycles. The summed E-state index contributed by atoms with van der Waals surface area (Å²) in [6, 6.07) is 0. The van der Waals surface area contributed by atoms with Gasteiger partial charge in [-0.1, -0.05) is 84.6 Å². The Morgan fingerprint density at radius 2 is 1.84 bits per heavy atom. The first-order valence-corrected chi connectivity index (χ1v) is 21.4. The summed E-state index contributed by atoms with van der Waals surface area (Å²) in [5.41, 5.74) is 10.0. The summed E-state index contributed by atoms with van der Waals surface area (Å²) in [7, 11) is 4.64. The van der Waals surface area contributed by atoms with Crippen LogP contribution in [0.15, 0.2) is 34.5 Å². The van der Waals surface area contributed by atoms with Crippen LogP contribution in [-0.4, -0.2) is 55.5 Å². The number of nitrogens with zero attached hydrogens (tertiary/aromatic N) is 4. The Kier molecular flexibility index (Phi) is 9.29. The zero-order valence-electron chi connectivity index (χ0n) is 34.1. The first kappa shape index (κ1) is 37.5. The summed E-state index contributed by atoms with van der Waals surface area (Å²) in [4.78, 5) is 4.40. The summed E-state index contributed by atoms with van der Waals surface area (Å²) in [6.07, 6.45) is 20.9. The summed E-state index contributed by atoms with van der Waals surface area (Å²) < 4.78 is 6.94. The number of nitrogen functional groups attached to an aromatic ring is 1. The van der Waals surface area contributed by atoms with Crippen LogP contribution in [0.3, 0.4) is 0 Å². The number of H-pyrrole nitrogens is 1. The Hall–Kier alpha value is -1.80. The molecule has 8 heteroatoms. The van der Waals surface area contributed by atoms with Crippen molar-refractivity contribution in [1.82, 2.24) is 25.5 Å². The number of anilines is 1. The van der Waals surface area contributed by atoms with Crippen LogP contribution < -0.4 is 5.73 Å². The highest BCUT2D eigenvalue weighted by atomic mass is 32.2. The highest BCUT2D eigenvalue weighted by molar-refractivity contribution is 8.04. The molecule has 0 radical (unpaired) electrons. The smallest absolute Gasteiger partial charge is 0.260 e. The van der Waals surface area contributed by atoms with Crippen molar-refractivity contribution in [2.24, 2.45) is 63.6 Å². The van der Waals surface area contributed by atoms with Gasteiger partial charge in [-0.3, -0.25) is 0 Å². The number of fused-ring (bicyclic) bond motifs is 3. The van der Waals surface area contributed by atoms with Gasteiger partial charge in [0, 0.05) is 15.7 Å². The van der Waals surface area contributed by atoms with E-state index in [-0.39, 0.29) is 27.3 Å². The van der Waals surface area contributed by atoms with E-state index in [1.807, 2.05) is 16.1 Å². The molecule has 3 saturated carbocycles. The lowest BCUT2D eigenvalue weighted by Crippen LogP contribution is -2.64. The van der Waals surface area contributed by atoms with E-state index in [2.05, 4.69) is 139 Å². The fourth-order valence-corrected chi connectivity index (χ4v) is 15.6. The molecule has 4 heterocycles. The van der Waals surface area contributed by atoms with Crippen LogP contribution in [0.4, 0.5) is 5.95 Å². The number of aromatic amines is 1. The van der Waals surface area contributed by atoms with Crippen molar-refractivity contribution in [1.29, 1.82) is 0 Å². The summed E-state index contributed by atoms with van der Waals surface area (Å²) >= 11 is 2.45. The SMILES string of the molecule is CC(C)[C@@H](C)[C@]12CCC3(C)C4CCC5C(C(C)C)(SC6=C7CC6C[C@]5(C)C7CC[C@@](C)(C(C)C)N(C)C)C4=CC[C@@]3(C=CO1)C2.Nc1nn[nH]n1. The molecule has 284 valence electrons. The molecule has 7 nitrogen and oxygen atoms in total. The molecule has 1 aromatic heterocycles. The van der Waals surface area contributed by atoms with Gasteiger partial charge in [0.05, 0.1) is 6.26 Å². The molecule has 1 saturated heterocycles. The molecule has 3 aliphatic heterocycles. The lowest BCUT2D eigenvalue weighted by molar-refractivity contribution is -0.173. The van der Waals surface area contributed by atoms with E-state index in [1.54, 1.807) is 0 Å². The van der Waals surface area contributed by atoms with Crippen LogP contribution >= 0.6 is 11.8 Å². The summed E-state index contributed by atoms with van der Waals surface area (Å²) in [5, 5.41) is 12.0. The molecule has 11 atom stereocenters. The number of aromatic nitrogens is 4. The zero-order chi connectivity index (χ0) is 36.9. The highest BCUT2D eigenvalue weighted by Crippen LogP contribution is 2.79. The molecule has 1 aromatic rings. The second-order valence-electron chi connectivity index (χ2n) is 20.1. The van der Waals surface area contributed by atoms with Gasteiger partial charge in [-0.2, -0.15) is 5.21 Å². The molecule has 6 bridgehead atoms. The number of nitrogens with two attached hydrogens (primary N) is 1. The van der Waals surface area contributed by atoms with Gasteiger partial charge < -0.3 is 15.4 Å². The Labute approximate surface area is 314 Å². The fraction of sp³-hybridized carbons (Fsp3) is 0.837. The van der Waals surface area contributed by atoms with Gasteiger partial charge in [-0.25, -0.2) is 0 Å². The van der Waals surface area contributed by atoms with E-state index in [0.29, 0.717) is 40.4 Å². The first-order valence-electron chi connectivity index (χ1n) is 20.5. The van der Waals surface area contributed by atoms with Gasteiger partial charge in [0.25, 0.3) is 5.95 Å². The molecular formula is C43H70N6OS. The average Bonchev–Trinajstić information content (AvgIpc) is 3.52. The van der Waals surface area contributed by atoms with E-state index < -0.39 is 0 Å². The van der Waals surface area contributed by atoms with Gasteiger partial charge in [0.15, 0.2) is 0 Å². The van der Waals surface area contributed by atoms with E-state index in [1.165, 1.54) is 64.2 Å². The third kappa shape index (κ3) is 5.23. The van der Waals surface area contributed by atoms with Crippen LogP contribution in [0.2, 0.25) is 0 Å². The first-order chi connectivity index (χ1) is 23.9. The maximum Gasteiger partial charge on any atom is 0.260 e. The van der Waals surface area contributed by atoms with E-state index in [9.17, 15) is 0 Å². The molecule has 10 rings (SSSR count). The molecule has 4 fully saturated rings. The van der Waals surface area contributed by atoms with Gasteiger partial charge in [0.1, 0.15) is 5.60 Å². The van der Waals surface area contributed by atoms with Crippen LogP contribution in [0.1, 0.15) is 133 Å². The van der Waals surface area contributed by atoms with Crippen molar-refractivity contribution in [2.45, 2.75) is 149 Å². The normalized spacial score (nSPS) is 42.2. The lowest BCUT2D eigenvalue weighted by Gasteiger charge is -2.68. The van der Waals surface area contributed by atoms with E-state index >= 15 is 0 Å². The number of hydrogen-bond acceptors (Lipinski definition) is 7. The van der Waals surface area contributed by atoms with Crippen LogP contribution in [0, 0.1) is 63.6 Å². The Morgan fingerprint density at radius 3 is 2.43 bits per heavy atom. The second-order valence-corrected chi connectivity index (χ2v) is 21.5. The summed E-state index contributed by atoms with van der Waals surface area (Å²) in [5.74, 6) is 5.81. The number of thioether (sulfide) groups is 1.